The van der Waals surface area contributed by atoms with Gasteiger partial charge in [0, 0.05) is 10.0 Å². The van der Waals surface area contributed by atoms with Crippen LogP contribution in [0.1, 0.15) is 22.7 Å². The van der Waals surface area contributed by atoms with Gasteiger partial charge in [-0.2, -0.15) is 13.2 Å². The number of halogens is 6. The van der Waals surface area contributed by atoms with Crippen LogP contribution in [-0.2, 0) is 6.18 Å². The van der Waals surface area contributed by atoms with Gasteiger partial charge in [0.2, 0.25) is 0 Å². The molecule has 0 bridgehead atoms. The van der Waals surface area contributed by atoms with Gasteiger partial charge in [0.05, 0.1) is 11.6 Å². The Kier molecular flexibility index (Phi) is 4.34. The number of rotatable bonds is 2. The number of hydrogen-bond donors (Lipinski definition) is 1. The van der Waals surface area contributed by atoms with Gasteiger partial charge in [-0.3, -0.25) is 0 Å². The van der Waals surface area contributed by atoms with Crippen LogP contribution in [0.15, 0.2) is 40.9 Å². The van der Waals surface area contributed by atoms with Gasteiger partial charge >= 0.3 is 6.18 Å². The molecule has 2 aromatic rings. The number of benzene rings is 2. The summed E-state index contributed by atoms with van der Waals surface area (Å²) in [5, 5.41) is 0. The second-order valence-corrected chi connectivity index (χ2v) is 5.20. The van der Waals surface area contributed by atoms with Crippen molar-refractivity contribution in [3.8, 4) is 0 Å². The molecule has 1 atom stereocenters. The molecule has 7 heteroatoms. The highest BCUT2D eigenvalue weighted by atomic mass is 79.9. The number of nitrogens with two attached hydrogens (primary N) is 1. The zero-order valence-corrected chi connectivity index (χ0v) is 12.0. The normalized spacial score (nSPS) is 13.3. The van der Waals surface area contributed by atoms with Gasteiger partial charge in [-0.25, -0.2) is 8.78 Å². The fraction of sp³-hybridized carbons (Fsp3) is 0.143. The first-order chi connectivity index (χ1) is 9.71. The van der Waals surface area contributed by atoms with Crippen LogP contribution in [0, 0.1) is 11.6 Å². The first-order valence-electron chi connectivity index (χ1n) is 5.78. The second kappa shape index (κ2) is 5.73. The van der Waals surface area contributed by atoms with Crippen LogP contribution in [0.2, 0.25) is 0 Å². The van der Waals surface area contributed by atoms with E-state index in [9.17, 15) is 22.0 Å². The smallest absolute Gasteiger partial charge is 0.320 e. The van der Waals surface area contributed by atoms with E-state index in [4.69, 9.17) is 5.73 Å². The molecule has 2 aromatic carbocycles. The van der Waals surface area contributed by atoms with E-state index < -0.39 is 35.0 Å². The molecule has 0 aliphatic heterocycles. The van der Waals surface area contributed by atoms with Gasteiger partial charge < -0.3 is 5.73 Å². The van der Waals surface area contributed by atoms with Crippen molar-refractivity contribution in [2.24, 2.45) is 5.73 Å². The molecular formula is C14H9BrF5N. The Bertz CT molecular complexity index is 649. The Morgan fingerprint density at radius 3 is 2.10 bits per heavy atom. The fourth-order valence-corrected chi connectivity index (χ4v) is 2.40. The minimum atomic E-state index is -4.59. The van der Waals surface area contributed by atoms with E-state index in [1.165, 1.54) is 6.07 Å². The largest absolute Gasteiger partial charge is 0.417 e. The summed E-state index contributed by atoms with van der Waals surface area (Å²) < 4.78 is 65.6. The third-order valence-corrected chi connectivity index (χ3v) is 3.66. The van der Waals surface area contributed by atoms with Crippen molar-refractivity contribution in [3.63, 3.8) is 0 Å². The summed E-state index contributed by atoms with van der Waals surface area (Å²) >= 11 is 2.79. The van der Waals surface area contributed by atoms with Gasteiger partial charge in [0.15, 0.2) is 0 Å². The molecule has 0 radical (unpaired) electrons. The summed E-state index contributed by atoms with van der Waals surface area (Å²) in [6.07, 6.45) is -4.59. The first-order valence-corrected chi connectivity index (χ1v) is 6.57. The highest BCUT2D eigenvalue weighted by molar-refractivity contribution is 9.10. The van der Waals surface area contributed by atoms with E-state index in [1.807, 2.05) is 0 Å². The highest BCUT2D eigenvalue weighted by Gasteiger charge is 2.33. The van der Waals surface area contributed by atoms with E-state index >= 15 is 0 Å². The van der Waals surface area contributed by atoms with Crippen molar-refractivity contribution in [3.05, 3.63) is 69.2 Å². The van der Waals surface area contributed by atoms with E-state index in [0.29, 0.717) is 0 Å². The molecule has 0 fully saturated rings. The van der Waals surface area contributed by atoms with Crippen LogP contribution in [0.5, 0.6) is 0 Å². The number of alkyl halides is 3. The summed E-state index contributed by atoms with van der Waals surface area (Å²) in [6, 6.07) is 5.04. The third kappa shape index (κ3) is 3.24. The lowest BCUT2D eigenvalue weighted by atomic mass is 9.97. The molecule has 1 nitrogen and oxygen atoms in total. The molecule has 0 aliphatic rings. The first kappa shape index (κ1) is 15.9. The summed E-state index contributed by atoms with van der Waals surface area (Å²) in [6.45, 7) is 0. The maximum absolute atomic E-state index is 13.6. The Hall–Kier alpha value is -1.47. The van der Waals surface area contributed by atoms with Crippen LogP contribution in [0.3, 0.4) is 0 Å². The molecule has 21 heavy (non-hydrogen) atoms. The molecule has 2 N–H and O–H groups in total. The van der Waals surface area contributed by atoms with E-state index in [0.717, 1.165) is 30.3 Å². The lowest BCUT2D eigenvalue weighted by molar-refractivity contribution is -0.138. The van der Waals surface area contributed by atoms with Gasteiger partial charge in [0.1, 0.15) is 11.6 Å². The van der Waals surface area contributed by atoms with Gasteiger partial charge in [-0.15, -0.1) is 0 Å². The molecule has 0 amide bonds. The van der Waals surface area contributed by atoms with Crippen molar-refractivity contribution < 1.29 is 22.0 Å². The van der Waals surface area contributed by atoms with Crippen molar-refractivity contribution in [1.29, 1.82) is 0 Å². The van der Waals surface area contributed by atoms with Crippen molar-refractivity contribution in [2.45, 2.75) is 12.2 Å². The summed E-state index contributed by atoms with van der Waals surface area (Å²) in [5.41, 5.74) is 4.27. The van der Waals surface area contributed by atoms with Crippen molar-refractivity contribution in [2.75, 3.05) is 0 Å². The maximum Gasteiger partial charge on any atom is 0.417 e. The Labute approximate surface area is 125 Å². The van der Waals surface area contributed by atoms with Crippen molar-refractivity contribution >= 4 is 15.9 Å². The van der Waals surface area contributed by atoms with E-state index in [-0.39, 0.29) is 10.0 Å². The monoisotopic (exact) mass is 365 g/mol. The van der Waals surface area contributed by atoms with Gasteiger partial charge in [0.25, 0.3) is 0 Å². The average Bonchev–Trinajstić information content (AvgIpc) is 2.37. The predicted molar refractivity (Wildman–Crippen MR) is 71.5 cm³/mol. The van der Waals surface area contributed by atoms with Crippen LogP contribution in [0.25, 0.3) is 0 Å². The van der Waals surface area contributed by atoms with Crippen LogP contribution < -0.4 is 5.73 Å². The SMILES string of the molecule is NC(c1ccc(Br)c(C(F)(F)F)c1)c1c(F)cccc1F. The van der Waals surface area contributed by atoms with Gasteiger partial charge in [-0.05, 0) is 29.8 Å². The fourth-order valence-electron chi connectivity index (χ4n) is 1.93. The molecule has 0 aliphatic carbocycles. The zero-order valence-electron chi connectivity index (χ0n) is 10.4. The highest BCUT2D eigenvalue weighted by Crippen LogP contribution is 2.37. The molecule has 1 unspecified atom stereocenters. The minimum absolute atomic E-state index is 0.0328. The molecule has 112 valence electrons. The third-order valence-electron chi connectivity index (χ3n) is 2.97. The predicted octanol–water partition coefficient (Wildman–Crippen LogP) is 4.79. The van der Waals surface area contributed by atoms with E-state index in [1.54, 1.807) is 0 Å². The Morgan fingerprint density at radius 1 is 1.00 bits per heavy atom. The topological polar surface area (TPSA) is 26.0 Å². The maximum atomic E-state index is 13.6. The minimum Gasteiger partial charge on any atom is -0.320 e. The molecular weight excluding hydrogens is 357 g/mol. The molecule has 0 heterocycles. The summed E-state index contributed by atoms with van der Waals surface area (Å²) in [4.78, 5) is 0. The molecule has 0 spiro atoms. The van der Waals surface area contributed by atoms with Crippen LogP contribution in [-0.4, -0.2) is 0 Å². The van der Waals surface area contributed by atoms with E-state index in [2.05, 4.69) is 15.9 Å². The summed E-state index contributed by atoms with van der Waals surface area (Å²) in [5.74, 6) is -1.81. The molecule has 2 rings (SSSR count). The Morgan fingerprint density at radius 2 is 1.57 bits per heavy atom. The van der Waals surface area contributed by atoms with Crippen molar-refractivity contribution in [1.82, 2.24) is 0 Å². The summed E-state index contributed by atoms with van der Waals surface area (Å²) in [7, 11) is 0. The Balaban J connectivity index is 2.52. The van der Waals surface area contributed by atoms with Crippen LogP contribution >= 0.6 is 15.9 Å². The molecule has 0 saturated carbocycles. The zero-order chi connectivity index (χ0) is 15.8. The van der Waals surface area contributed by atoms with Gasteiger partial charge in [-0.1, -0.05) is 28.1 Å². The average molecular weight is 366 g/mol. The second-order valence-electron chi connectivity index (χ2n) is 4.35. The standard InChI is InChI=1S/C14H9BrF5N/c15-9-5-4-7(6-8(9)14(18,19)20)13(21)12-10(16)2-1-3-11(12)17/h1-6,13H,21H2. The molecule has 0 aromatic heterocycles. The molecule has 0 saturated heterocycles. The number of hydrogen-bond acceptors (Lipinski definition) is 1. The lowest BCUT2D eigenvalue weighted by Gasteiger charge is -2.17. The van der Waals surface area contributed by atoms with Crippen LogP contribution in [0.4, 0.5) is 22.0 Å². The quantitative estimate of drug-likeness (QED) is 0.760. The lowest BCUT2D eigenvalue weighted by Crippen LogP contribution is -2.17.